The number of likely N-dealkylation sites (tertiary alicyclic amines) is 1. The molecule has 3 heterocycles. The van der Waals surface area contributed by atoms with E-state index in [1.807, 2.05) is 84.1 Å². The Morgan fingerprint density at radius 1 is 1.09 bits per heavy atom. The summed E-state index contributed by atoms with van der Waals surface area (Å²) in [5.74, 6) is 1.71. The first-order valence-corrected chi connectivity index (χ1v) is 11.0. The molecule has 2 aromatic heterocycles. The molecule has 0 unspecified atom stereocenters. The molecular weight excluding hydrogens is 418 g/mol. The van der Waals surface area contributed by atoms with Gasteiger partial charge >= 0.3 is 0 Å². The van der Waals surface area contributed by atoms with Crippen LogP contribution in [0.2, 0.25) is 0 Å². The van der Waals surface area contributed by atoms with Crippen molar-refractivity contribution in [2.24, 2.45) is 0 Å². The normalized spacial score (nSPS) is 13.7. The molecule has 8 heteroatoms. The predicted octanol–water partition coefficient (Wildman–Crippen LogP) is 3.90. The van der Waals surface area contributed by atoms with Crippen molar-refractivity contribution >= 4 is 5.91 Å². The summed E-state index contributed by atoms with van der Waals surface area (Å²) in [5, 5.41) is 8.52. The third-order valence-corrected chi connectivity index (χ3v) is 5.71. The van der Waals surface area contributed by atoms with Crippen LogP contribution in [0.5, 0.6) is 5.75 Å². The molecule has 8 nitrogen and oxygen atoms in total. The van der Waals surface area contributed by atoms with E-state index in [0.29, 0.717) is 43.5 Å². The van der Waals surface area contributed by atoms with E-state index in [-0.39, 0.29) is 12.0 Å². The van der Waals surface area contributed by atoms with Gasteiger partial charge in [0.05, 0.1) is 24.3 Å². The maximum absolute atomic E-state index is 12.5. The minimum absolute atomic E-state index is 0.0692. The van der Waals surface area contributed by atoms with Crippen molar-refractivity contribution in [2.45, 2.75) is 32.9 Å². The molecule has 0 bridgehead atoms. The Kier molecular flexibility index (Phi) is 5.64. The SMILES string of the molecule is Cc1cc(C)n(CCC(=O)N2CC(Oc3ccccc3-c3nc(-c4ccccc4)no3)C2)n1. The third-order valence-electron chi connectivity index (χ3n) is 5.71. The number of hydrogen-bond acceptors (Lipinski definition) is 6. The molecule has 0 spiro atoms. The molecule has 0 saturated carbocycles. The van der Waals surface area contributed by atoms with Crippen LogP contribution in [-0.4, -0.2) is 49.9 Å². The van der Waals surface area contributed by atoms with Gasteiger partial charge in [-0.3, -0.25) is 9.48 Å². The molecule has 33 heavy (non-hydrogen) atoms. The number of ether oxygens (including phenoxy) is 1. The summed E-state index contributed by atoms with van der Waals surface area (Å²) in [6.45, 7) is 5.66. The highest BCUT2D eigenvalue weighted by Crippen LogP contribution is 2.32. The largest absolute Gasteiger partial charge is 0.486 e. The zero-order chi connectivity index (χ0) is 22.8. The van der Waals surface area contributed by atoms with Crippen LogP contribution >= 0.6 is 0 Å². The van der Waals surface area contributed by atoms with Gasteiger partial charge in [-0.25, -0.2) is 0 Å². The van der Waals surface area contributed by atoms with Gasteiger partial charge in [0.25, 0.3) is 5.89 Å². The highest BCUT2D eigenvalue weighted by Gasteiger charge is 2.32. The number of benzene rings is 2. The van der Waals surface area contributed by atoms with E-state index in [1.54, 1.807) is 0 Å². The lowest BCUT2D eigenvalue weighted by atomic mass is 10.1. The van der Waals surface area contributed by atoms with E-state index in [9.17, 15) is 4.79 Å². The van der Waals surface area contributed by atoms with Crippen molar-refractivity contribution in [1.29, 1.82) is 0 Å². The number of carbonyl (C=O) groups is 1. The van der Waals surface area contributed by atoms with Crippen LogP contribution in [0.4, 0.5) is 0 Å². The number of rotatable bonds is 7. The van der Waals surface area contributed by atoms with Crippen LogP contribution in [0.25, 0.3) is 22.8 Å². The second-order valence-electron chi connectivity index (χ2n) is 8.22. The smallest absolute Gasteiger partial charge is 0.262 e. The van der Waals surface area contributed by atoms with Gasteiger partial charge in [-0.2, -0.15) is 10.1 Å². The fourth-order valence-electron chi connectivity index (χ4n) is 3.94. The third kappa shape index (κ3) is 4.50. The molecule has 5 rings (SSSR count). The maximum atomic E-state index is 12.5. The van der Waals surface area contributed by atoms with E-state index >= 15 is 0 Å². The fraction of sp³-hybridized carbons (Fsp3) is 0.280. The monoisotopic (exact) mass is 443 g/mol. The van der Waals surface area contributed by atoms with Crippen molar-refractivity contribution in [3.05, 3.63) is 72.1 Å². The summed E-state index contributed by atoms with van der Waals surface area (Å²) >= 11 is 0. The van der Waals surface area contributed by atoms with Crippen molar-refractivity contribution in [3.8, 4) is 28.6 Å². The average molecular weight is 444 g/mol. The highest BCUT2D eigenvalue weighted by molar-refractivity contribution is 5.77. The molecular formula is C25H25N5O3. The molecule has 0 N–H and O–H groups in total. The van der Waals surface area contributed by atoms with E-state index in [2.05, 4.69) is 15.2 Å². The highest BCUT2D eigenvalue weighted by atomic mass is 16.5. The predicted molar refractivity (Wildman–Crippen MR) is 122 cm³/mol. The summed E-state index contributed by atoms with van der Waals surface area (Å²) in [7, 11) is 0. The summed E-state index contributed by atoms with van der Waals surface area (Å²) < 4.78 is 13.6. The number of para-hydroxylation sites is 1. The topological polar surface area (TPSA) is 86.3 Å². The Morgan fingerprint density at radius 2 is 1.85 bits per heavy atom. The van der Waals surface area contributed by atoms with Crippen LogP contribution in [0.1, 0.15) is 17.8 Å². The lowest BCUT2D eigenvalue weighted by Gasteiger charge is -2.39. The Morgan fingerprint density at radius 3 is 2.61 bits per heavy atom. The molecule has 2 aromatic carbocycles. The summed E-state index contributed by atoms with van der Waals surface area (Å²) in [4.78, 5) is 18.9. The van der Waals surface area contributed by atoms with E-state index < -0.39 is 0 Å². The Labute approximate surface area is 191 Å². The average Bonchev–Trinajstić information content (AvgIpc) is 3.41. The lowest BCUT2D eigenvalue weighted by molar-refractivity contribution is -0.140. The van der Waals surface area contributed by atoms with Gasteiger partial charge in [0, 0.05) is 24.2 Å². The molecule has 1 saturated heterocycles. The quantitative estimate of drug-likeness (QED) is 0.431. The number of hydrogen-bond donors (Lipinski definition) is 0. The molecule has 168 valence electrons. The Hall–Kier alpha value is -3.94. The number of carbonyl (C=O) groups excluding carboxylic acids is 1. The summed E-state index contributed by atoms with van der Waals surface area (Å²) in [5.41, 5.74) is 3.66. The zero-order valence-corrected chi connectivity index (χ0v) is 18.6. The zero-order valence-electron chi connectivity index (χ0n) is 18.6. The molecule has 4 aromatic rings. The molecule has 0 aliphatic carbocycles. The first-order chi connectivity index (χ1) is 16.1. The first-order valence-electron chi connectivity index (χ1n) is 11.0. The van der Waals surface area contributed by atoms with Crippen molar-refractivity contribution in [1.82, 2.24) is 24.8 Å². The second kappa shape index (κ2) is 8.90. The molecule has 1 aliphatic rings. The van der Waals surface area contributed by atoms with Gasteiger partial charge in [0.15, 0.2) is 0 Å². The van der Waals surface area contributed by atoms with Crippen molar-refractivity contribution < 1.29 is 14.1 Å². The molecule has 1 fully saturated rings. The lowest BCUT2D eigenvalue weighted by Crippen LogP contribution is -2.56. The fourth-order valence-corrected chi connectivity index (χ4v) is 3.94. The van der Waals surface area contributed by atoms with Crippen molar-refractivity contribution in [3.63, 3.8) is 0 Å². The van der Waals surface area contributed by atoms with E-state index in [0.717, 1.165) is 22.5 Å². The van der Waals surface area contributed by atoms with E-state index in [4.69, 9.17) is 9.26 Å². The second-order valence-corrected chi connectivity index (χ2v) is 8.22. The minimum atomic E-state index is -0.0692. The summed E-state index contributed by atoms with van der Waals surface area (Å²) in [6.07, 6.45) is 0.357. The van der Waals surface area contributed by atoms with Gasteiger partial charge < -0.3 is 14.2 Å². The van der Waals surface area contributed by atoms with Crippen LogP contribution < -0.4 is 4.74 Å². The van der Waals surface area contributed by atoms with E-state index in [1.165, 1.54) is 0 Å². The van der Waals surface area contributed by atoms with Crippen LogP contribution in [0.3, 0.4) is 0 Å². The first kappa shape index (κ1) is 20.9. The molecule has 0 atom stereocenters. The molecule has 1 aliphatic heterocycles. The number of aromatic nitrogens is 4. The van der Waals surface area contributed by atoms with Crippen LogP contribution in [0, 0.1) is 13.8 Å². The Bertz CT molecular complexity index is 1260. The van der Waals surface area contributed by atoms with Crippen LogP contribution in [-0.2, 0) is 11.3 Å². The van der Waals surface area contributed by atoms with Gasteiger partial charge in [-0.15, -0.1) is 0 Å². The van der Waals surface area contributed by atoms with Crippen molar-refractivity contribution in [2.75, 3.05) is 13.1 Å². The maximum Gasteiger partial charge on any atom is 0.262 e. The number of amides is 1. The summed E-state index contributed by atoms with van der Waals surface area (Å²) in [6, 6.07) is 19.3. The van der Waals surface area contributed by atoms with Gasteiger partial charge in [0.1, 0.15) is 11.9 Å². The number of nitrogens with zero attached hydrogens (tertiary/aromatic N) is 5. The number of aryl methyl sites for hydroxylation is 3. The van der Waals surface area contributed by atoms with Gasteiger partial charge in [-0.1, -0.05) is 47.6 Å². The standard InChI is InChI=1S/C25H25N5O3/c1-17-14-18(2)30(27-17)13-12-23(31)29-15-20(16-29)32-22-11-7-6-10-21(22)25-26-24(28-33-25)19-8-4-3-5-9-19/h3-11,14,20H,12-13,15-16H2,1-2H3. The molecule has 0 radical (unpaired) electrons. The van der Waals surface area contributed by atoms with Gasteiger partial charge in [0.2, 0.25) is 11.7 Å². The Balaban J connectivity index is 1.19. The molecule has 1 amide bonds. The van der Waals surface area contributed by atoms with Crippen LogP contribution in [0.15, 0.2) is 65.2 Å². The van der Waals surface area contributed by atoms with Gasteiger partial charge in [-0.05, 0) is 32.0 Å². The minimum Gasteiger partial charge on any atom is -0.486 e.